The van der Waals surface area contributed by atoms with Crippen molar-refractivity contribution in [2.75, 3.05) is 0 Å². The van der Waals surface area contributed by atoms with E-state index in [4.69, 9.17) is 0 Å². The minimum absolute atomic E-state index is 0.228. The number of rotatable bonds is 1. The Hall–Kier alpha value is -1.61. The molecule has 2 atom stereocenters. The standard InChI is InChI=1S/C13H15N3/c1-9-7-11-13(15-8-14-11)12(16-9)10-5-3-2-4-6-10/h2-6,8-9,12,16H,7H2,1H3,(H,14,15)/t9-,12-/m0/s1. The van der Waals surface area contributed by atoms with Gasteiger partial charge in [-0.25, -0.2) is 4.98 Å². The Kier molecular flexibility index (Phi) is 2.26. The van der Waals surface area contributed by atoms with Crippen LogP contribution in [0.4, 0.5) is 0 Å². The van der Waals surface area contributed by atoms with Crippen molar-refractivity contribution in [2.24, 2.45) is 0 Å². The summed E-state index contributed by atoms with van der Waals surface area (Å²) in [5.74, 6) is 0. The van der Waals surface area contributed by atoms with Gasteiger partial charge >= 0.3 is 0 Å². The number of imidazole rings is 1. The van der Waals surface area contributed by atoms with E-state index in [1.54, 1.807) is 6.33 Å². The Labute approximate surface area is 94.9 Å². The molecule has 1 aliphatic rings. The second-order valence-corrected chi connectivity index (χ2v) is 4.38. The maximum Gasteiger partial charge on any atom is 0.0926 e. The summed E-state index contributed by atoms with van der Waals surface area (Å²) in [4.78, 5) is 7.67. The Morgan fingerprint density at radius 2 is 2.06 bits per heavy atom. The molecule has 0 radical (unpaired) electrons. The predicted octanol–water partition coefficient (Wildman–Crippen LogP) is 2.03. The molecule has 0 saturated carbocycles. The molecule has 0 fully saturated rings. The highest BCUT2D eigenvalue weighted by Crippen LogP contribution is 2.27. The van der Waals surface area contributed by atoms with Gasteiger partial charge in [0.15, 0.2) is 0 Å². The summed E-state index contributed by atoms with van der Waals surface area (Å²) in [7, 11) is 0. The van der Waals surface area contributed by atoms with Crippen molar-refractivity contribution in [1.82, 2.24) is 15.3 Å². The van der Waals surface area contributed by atoms with E-state index in [9.17, 15) is 0 Å². The van der Waals surface area contributed by atoms with Crippen molar-refractivity contribution >= 4 is 0 Å². The first-order chi connectivity index (χ1) is 7.84. The molecule has 0 amide bonds. The fourth-order valence-electron chi connectivity index (χ4n) is 2.37. The van der Waals surface area contributed by atoms with E-state index in [1.165, 1.54) is 11.3 Å². The fourth-order valence-corrected chi connectivity index (χ4v) is 2.37. The third-order valence-electron chi connectivity index (χ3n) is 3.12. The molecule has 3 heteroatoms. The van der Waals surface area contributed by atoms with Crippen molar-refractivity contribution in [1.29, 1.82) is 0 Å². The SMILES string of the molecule is C[C@H]1Cc2[nH]cnc2[C@H](c2ccccc2)N1. The summed E-state index contributed by atoms with van der Waals surface area (Å²) in [6.07, 6.45) is 2.82. The van der Waals surface area contributed by atoms with E-state index < -0.39 is 0 Å². The van der Waals surface area contributed by atoms with Crippen molar-refractivity contribution in [3.8, 4) is 0 Å². The van der Waals surface area contributed by atoms with Gasteiger partial charge in [-0.2, -0.15) is 0 Å². The van der Waals surface area contributed by atoms with Crippen LogP contribution in [0.1, 0.15) is 29.9 Å². The first-order valence-corrected chi connectivity index (χ1v) is 5.68. The van der Waals surface area contributed by atoms with E-state index in [-0.39, 0.29) is 6.04 Å². The van der Waals surface area contributed by atoms with Crippen LogP contribution in [0.3, 0.4) is 0 Å². The normalized spacial score (nSPS) is 24.1. The topological polar surface area (TPSA) is 40.7 Å². The van der Waals surface area contributed by atoms with E-state index >= 15 is 0 Å². The number of aromatic amines is 1. The number of aromatic nitrogens is 2. The molecule has 0 saturated heterocycles. The molecule has 1 aliphatic heterocycles. The molecule has 2 N–H and O–H groups in total. The first kappa shape index (κ1) is 9.60. The van der Waals surface area contributed by atoms with Gasteiger partial charge in [0.05, 0.1) is 18.1 Å². The quantitative estimate of drug-likeness (QED) is 0.761. The molecule has 2 heterocycles. The summed E-state index contributed by atoms with van der Waals surface area (Å²) in [6.45, 7) is 2.21. The second-order valence-electron chi connectivity index (χ2n) is 4.38. The highest BCUT2D eigenvalue weighted by Gasteiger charge is 2.26. The summed E-state index contributed by atoms with van der Waals surface area (Å²) in [5.41, 5.74) is 3.69. The molecule has 1 aromatic heterocycles. The van der Waals surface area contributed by atoms with Crippen LogP contribution < -0.4 is 5.32 Å². The summed E-state index contributed by atoms with van der Waals surface area (Å²) in [5, 5.41) is 3.59. The van der Waals surface area contributed by atoms with Gasteiger partial charge in [0, 0.05) is 18.2 Å². The highest BCUT2D eigenvalue weighted by atomic mass is 15.0. The lowest BCUT2D eigenvalue weighted by Gasteiger charge is -2.28. The van der Waals surface area contributed by atoms with E-state index in [2.05, 4.69) is 46.5 Å². The van der Waals surface area contributed by atoms with Gasteiger partial charge in [-0.05, 0) is 12.5 Å². The minimum atomic E-state index is 0.228. The van der Waals surface area contributed by atoms with Gasteiger partial charge in [-0.15, -0.1) is 0 Å². The van der Waals surface area contributed by atoms with Crippen LogP contribution in [0.15, 0.2) is 36.7 Å². The molecule has 0 spiro atoms. The van der Waals surface area contributed by atoms with Crippen molar-refractivity contribution in [2.45, 2.75) is 25.4 Å². The number of benzene rings is 1. The molecule has 82 valence electrons. The molecular weight excluding hydrogens is 198 g/mol. The number of hydrogen-bond donors (Lipinski definition) is 2. The molecule has 0 aliphatic carbocycles. The first-order valence-electron chi connectivity index (χ1n) is 5.68. The molecule has 0 bridgehead atoms. The average molecular weight is 213 g/mol. The summed E-state index contributed by atoms with van der Waals surface area (Å²) < 4.78 is 0. The van der Waals surface area contributed by atoms with Gasteiger partial charge in [0.2, 0.25) is 0 Å². The van der Waals surface area contributed by atoms with Crippen molar-refractivity contribution in [3.05, 3.63) is 53.6 Å². The zero-order valence-corrected chi connectivity index (χ0v) is 9.27. The number of H-pyrrole nitrogens is 1. The van der Waals surface area contributed by atoms with E-state index in [0.717, 1.165) is 12.1 Å². The average Bonchev–Trinajstić information content (AvgIpc) is 2.77. The zero-order valence-electron chi connectivity index (χ0n) is 9.27. The van der Waals surface area contributed by atoms with Crippen LogP contribution in [0.2, 0.25) is 0 Å². The maximum absolute atomic E-state index is 4.43. The largest absolute Gasteiger partial charge is 0.348 e. The lowest BCUT2D eigenvalue weighted by atomic mass is 9.95. The van der Waals surface area contributed by atoms with E-state index in [0.29, 0.717) is 6.04 Å². The molecule has 3 nitrogen and oxygen atoms in total. The second kappa shape index (κ2) is 3.76. The Morgan fingerprint density at radius 3 is 2.88 bits per heavy atom. The number of fused-ring (bicyclic) bond motifs is 1. The van der Waals surface area contributed by atoms with Crippen LogP contribution in [-0.2, 0) is 6.42 Å². The number of nitrogens with one attached hydrogen (secondary N) is 2. The molecule has 1 aromatic carbocycles. The third-order valence-corrected chi connectivity index (χ3v) is 3.12. The lowest BCUT2D eigenvalue weighted by Crippen LogP contribution is -2.38. The number of nitrogens with zero attached hydrogens (tertiary/aromatic N) is 1. The summed E-state index contributed by atoms with van der Waals surface area (Å²) >= 11 is 0. The Morgan fingerprint density at radius 1 is 1.25 bits per heavy atom. The number of hydrogen-bond acceptors (Lipinski definition) is 2. The monoisotopic (exact) mass is 213 g/mol. The zero-order chi connectivity index (χ0) is 11.0. The van der Waals surface area contributed by atoms with Crippen molar-refractivity contribution in [3.63, 3.8) is 0 Å². The van der Waals surface area contributed by atoms with Crippen LogP contribution >= 0.6 is 0 Å². The molecular formula is C13H15N3. The molecule has 3 rings (SSSR count). The van der Waals surface area contributed by atoms with Gasteiger partial charge in [-0.1, -0.05) is 30.3 Å². The van der Waals surface area contributed by atoms with Gasteiger partial charge in [0.1, 0.15) is 0 Å². The minimum Gasteiger partial charge on any atom is -0.348 e. The molecule has 2 aromatic rings. The summed E-state index contributed by atoms with van der Waals surface area (Å²) in [6, 6.07) is 11.2. The van der Waals surface area contributed by atoms with Gasteiger partial charge < -0.3 is 10.3 Å². The highest BCUT2D eigenvalue weighted by molar-refractivity contribution is 5.32. The smallest absolute Gasteiger partial charge is 0.0926 e. The molecule has 0 unspecified atom stereocenters. The maximum atomic E-state index is 4.43. The van der Waals surface area contributed by atoms with Crippen molar-refractivity contribution < 1.29 is 0 Å². The van der Waals surface area contributed by atoms with E-state index in [1.807, 2.05) is 6.07 Å². The Bertz CT molecular complexity index is 475. The van der Waals surface area contributed by atoms with Crippen LogP contribution in [0, 0.1) is 0 Å². The third kappa shape index (κ3) is 1.53. The van der Waals surface area contributed by atoms with Crippen LogP contribution in [-0.4, -0.2) is 16.0 Å². The van der Waals surface area contributed by atoms with Crippen LogP contribution in [0.5, 0.6) is 0 Å². The molecule has 16 heavy (non-hydrogen) atoms. The van der Waals surface area contributed by atoms with Gasteiger partial charge in [-0.3, -0.25) is 0 Å². The fraction of sp³-hybridized carbons (Fsp3) is 0.308. The Balaban J connectivity index is 2.04. The lowest BCUT2D eigenvalue weighted by molar-refractivity contribution is 0.454. The predicted molar refractivity (Wildman–Crippen MR) is 63.2 cm³/mol. The van der Waals surface area contributed by atoms with Gasteiger partial charge in [0.25, 0.3) is 0 Å². The van der Waals surface area contributed by atoms with Crippen LogP contribution in [0.25, 0.3) is 0 Å².